The molecule has 5 heteroatoms. The van der Waals surface area contributed by atoms with Crippen molar-refractivity contribution >= 4 is 18.4 Å². The number of rotatable bonds is 15. The minimum atomic E-state index is -1.13. The van der Waals surface area contributed by atoms with Crippen molar-refractivity contribution < 1.29 is 19.5 Å². The van der Waals surface area contributed by atoms with Crippen LogP contribution in [0.4, 0.5) is 0 Å². The number of hydrogen-bond donors (Lipinski definition) is 1. The Kier molecular flexibility index (Phi) is 20.9. The van der Waals surface area contributed by atoms with E-state index in [0.717, 1.165) is 6.54 Å². The highest BCUT2D eigenvalue weighted by atomic mass is 35.5. The van der Waals surface area contributed by atoms with E-state index in [1.54, 1.807) is 18.2 Å². The Balaban J connectivity index is 0. The molecule has 0 radical (unpaired) electrons. The van der Waals surface area contributed by atoms with Crippen LogP contribution in [0.2, 0.25) is 0 Å². The van der Waals surface area contributed by atoms with E-state index in [2.05, 4.69) is 20.8 Å². The number of aromatic carboxylic acids is 1. The van der Waals surface area contributed by atoms with Gasteiger partial charge in [-0.1, -0.05) is 70.4 Å². The van der Waals surface area contributed by atoms with Gasteiger partial charge in [0, 0.05) is 0 Å². The maximum absolute atomic E-state index is 10.1. The summed E-state index contributed by atoms with van der Waals surface area (Å²) in [5, 5.41) is 19.5. The largest absolute Gasteiger partial charge is 0.545 e. The van der Waals surface area contributed by atoms with Crippen molar-refractivity contribution in [2.45, 2.75) is 78.6 Å². The molecule has 0 bridgehead atoms. The molecule has 1 aromatic carbocycles. The maximum Gasteiger partial charge on any atom is 0.102 e. The van der Waals surface area contributed by atoms with Crippen molar-refractivity contribution in [3.8, 4) is 0 Å². The lowest BCUT2D eigenvalue weighted by atomic mass is 10.1. The lowest BCUT2D eigenvalue weighted by Crippen LogP contribution is -2.51. The average Bonchev–Trinajstić information content (AvgIpc) is 2.70. The van der Waals surface area contributed by atoms with Crippen LogP contribution in [-0.2, 0) is 0 Å². The van der Waals surface area contributed by atoms with Gasteiger partial charge >= 0.3 is 0 Å². The topological polar surface area (TPSA) is 60.4 Å². The standard InChI is InChI=1S/C17H38NO.C7H6O2.ClH/c1-4-7-10-13-18(16-17-19,14-11-8-5-2)15-12-9-6-3;8-7(9)6-4-2-1-3-5-6;/h19H,4-17H2,1-3H3;1-5H,(H,8,9);1H/q+1;;/p-1. The van der Waals surface area contributed by atoms with Crippen LogP contribution in [0.3, 0.4) is 0 Å². The molecule has 1 aromatic rings. The van der Waals surface area contributed by atoms with E-state index < -0.39 is 5.97 Å². The fourth-order valence-electron chi connectivity index (χ4n) is 3.55. The van der Waals surface area contributed by atoms with E-state index in [0.29, 0.717) is 6.61 Å². The molecule has 0 aliphatic rings. The summed E-state index contributed by atoms with van der Waals surface area (Å²) in [5.41, 5.74) is 0.220. The molecule has 0 aliphatic heterocycles. The molecule has 1 N–H and O–H groups in total. The molecule has 0 amide bonds. The van der Waals surface area contributed by atoms with Crippen molar-refractivity contribution in [2.24, 2.45) is 0 Å². The average molecular weight is 430 g/mol. The highest BCUT2D eigenvalue weighted by Crippen LogP contribution is 2.16. The molecule has 1 rings (SSSR count). The number of quaternary nitrogens is 1. The number of aliphatic hydroxyl groups excluding tert-OH is 1. The normalized spacial score (nSPS) is 10.6. The molecule has 0 atom stereocenters. The van der Waals surface area contributed by atoms with Crippen LogP contribution in [0.25, 0.3) is 0 Å². The highest BCUT2D eigenvalue weighted by Gasteiger charge is 2.25. The molecular formula is C24H44ClNO3. The van der Waals surface area contributed by atoms with Crippen LogP contribution < -0.4 is 5.11 Å². The van der Waals surface area contributed by atoms with Gasteiger partial charge in [-0.15, -0.1) is 12.4 Å². The smallest absolute Gasteiger partial charge is 0.102 e. The summed E-state index contributed by atoms with van der Waals surface area (Å²) in [4.78, 5) is 10.1. The number of carboxylic acids is 1. The Morgan fingerprint density at radius 3 is 1.48 bits per heavy atom. The predicted octanol–water partition coefficient (Wildman–Crippen LogP) is 4.84. The summed E-state index contributed by atoms with van der Waals surface area (Å²) in [6.07, 6.45) is 11.9. The minimum Gasteiger partial charge on any atom is -0.545 e. The zero-order valence-corrected chi connectivity index (χ0v) is 19.7. The molecule has 0 aliphatic carbocycles. The van der Waals surface area contributed by atoms with Crippen molar-refractivity contribution in [2.75, 3.05) is 32.8 Å². The number of hydrogen-bond acceptors (Lipinski definition) is 3. The second-order valence-corrected chi connectivity index (χ2v) is 7.73. The van der Waals surface area contributed by atoms with Crippen molar-refractivity contribution in [1.29, 1.82) is 0 Å². The first-order valence-electron chi connectivity index (χ1n) is 11.3. The number of carboxylic acid groups (broad SMARTS) is 1. The molecule has 0 heterocycles. The van der Waals surface area contributed by atoms with Crippen molar-refractivity contribution in [3.63, 3.8) is 0 Å². The van der Waals surface area contributed by atoms with E-state index in [9.17, 15) is 15.0 Å². The van der Waals surface area contributed by atoms with E-state index in [4.69, 9.17) is 0 Å². The first kappa shape index (κ1) is 30.1. The molecule has 0 saturated heterocycles. The van der Waals surface area contributed by atoms with Crippen LogP contribution in [0.1, 0.15) is 88.9 Å². The van der Waals surface area contributed by atoms with Gasteiger partial charge in [0.25, 0.3) is 0 Å². The Bertz CT molecular complexity index is 456. The van der Waals surface area contributed by atoms with Gasteiger partial charge in [-0.05, 0) is 44.1 Å². The summed E-state index contributed by atoms with van der Waals surface area (Å²) in [7, 11) is 0. The van der Waals surface area contributed by atoms with Crippen LogP contribution in [0.15, 0.2) is 30.3 Å². The molecule has 0 unspecified atom stereocenters. The number of unbranched alkanes of at least 4 members (excludes halogenated alkanes) is 6. The van der Waals surface area contributed by atoms with E-state index in [-0.39, 0.29) is 18.0 Å². The summed E-state index contributed by atoms with van der Waals surface area (Å²) >= 11 is 0. The lowest BCUT2D eigenvalue weighted by molar-refractivity contribution is -0.929. The molecular weight excluding hydrogens is 386 g/mol. The van der Waals surface area contributed by atoms with E-state index in [1.165, 1.54) is 94.0 Å². The predicted molar refractivity (Wildman–Crippen MR) is 123 cm³/mol. The van der Waals surface area contributed by atoms with Crippen LogP contribution in [-0.4, -0.2) is 48.3 Å². The molecule has 0 saturated carbocycles. The summed E-state index contributed by atoms with van der Waals surface area (Å²) in [5.74, 6) is -1.13. The van der Waals surface area contributed by atoms with Crippen LogP contribution >= 0.6 is 12.4 Å². The number of aliphatic hydroxyl groups is 1. The highest BCUT2D eigenvalue weighted by molar-refractivity contribution is 5.85. The number of carbonyl (C=O) groups excluding carboxylic acids is 1. The molecule has 0 aromatic heterocycles. The Morgan fingerprint density at radius 2 is 1.21 bits per heavy atom. The van der Waals surface area contributed by atoms with E-state index in [1.807, 2.05) is 0 Å². The SMILES string of the molecule is CCCCC[N+](CCO)(CCCCC)CCCCC.Cl.O=C([O-])c1ccccc1. The van der Waals surface area contributed by atoms with Gasteiger partial charge in [0.05, 0.1) is 32.2 Å². The van der Waals surface area contributed by atoms with Gasteiger partial charge in [0.15, 0.2) is 0 Å². The number of halogens is 1. The maximum atomic E-state index is 10.1. The lowest BCUT2D eigenvalue weighted by Gasteiger charge is -2.39. The van der Waals surface area contributed by atoms with Gasteiger partial charge in [-0.25, -0.2) is 0 Å². The van der Waals surface area contributed by atoms with Gasteiger partial charge in [-0.3, -0.25) is 0 Å². The molecule has 0 spiro atoms. The minimum absolute atomic E-state index is 0. The van der Waals surface area contributed by atoms with Crippen molar-refractivity contribution in [1.82, 2.24) is 0 Å². The number of benzene rings is 1. The van der Waals surface area contributed by atoms with Gasteiger partial charge in [0.1, 0.15) is 6.54 Å². The summed E-state index contributed by atoms with van der Waals surface area (Å²) in [6, 6.07) is 8.06. The van der Waals surface area contributed by atoms with Crippen LogP contribution in [0, 0.1) is 0 Å². The van der Waals surface area contributed by atoms with Gasteiger partial charge in [0.2, 0.25) is 0 Å². The first-order chi connectivity index (χ1) is 13.5. The second-order valence-electron chi connectivity index (χ2n) is 7.73. The zero-order valence-electron chi connectivity index (χ0n) is 18.9. The summed E-state index contributed by atoms with van der Waals surface area (Å²) < 4.78 is 1.18. The monoisotopic (exact) mass is 429 g/mol. The van der Waals surface area contributed by atoms with Gasteiger partial charge in [-0.2, -0.15) is 0 Å². The van der Waals surface area contributed by atoms with Crippen LogP contribution in [0.5, 0.6) is 0 Å². The van der Waals surface area contributed by atoms with E-state index >= 15 is 0 Å². The first-order valence-corrected chi connectivity index (χ1v) is 11.3. The summed E-state index contributed by atoms with van der Waals surface area (Å²) in [6.45, 7) is 12.0. The van der Waals surface area contributed by atoms with Gasteiger partial charge < -0.3 is 19.5 Å². The third-order valence-corrected chi connectivity index (χ3v) is 5.29. The fraction of sp³-hybridized carbons (Fsp3) is 0.708. The van der Waals surface area contributed by atoms with Crippen molar-refractivity contribution in [3.05, 3.63) is 35.9 Å². The number of carbonyl (C=O) groups is 1. The molecule has 170 valence electrons. The Morgan fingerprint density at radius 1 is 0.793 bits per heavy atom. The third-order valence-electron chi connectivity index (χ3n) is 5.29. The molecule has 29 heavy (non-hydrogen) atoms. The third kappa shape index (κ3) is 15.4. The Labute approximate surface area is 185 Å². The molecule has 0 fully saturated rings. The molecule has 4 nitrogen and oxygen atoms in total. The Hall–Kier alpha value is -1.10. The fourth-order valence-corrected chi connectivity index (χ4v) is 3.55. The number of nitrogens with zero attached hydrogens (tertiary/aromatic N) is 1. The zero-order chi connectivity index (χ0) is 21.1. The quantitative estimate of drug-likeness (QED) is 0.320. The second kappa shape index (κ2) is 20.2.